The van der Waals surface area contributed by atoms with E-state index in [1.807, 2.05) is 54.6 Å². The Labute approximate surface area is 184 Å². The molecule has 7 heteroatoms. The minimum Gasteiger partial charge on any atom is -0.372 e. The second-order valence-corrected chi connectivity index (χ2v) is 7.44. The number of hydrogen-bond acceptors (Lipinski definition) is 4. The SMILES string of the molecule is O=C(Cn1c(=O)[nH]c2ccccc2c1=O)NCc1ccc(COCc2ccccc2)cc1. The average molecular weight is 429 g/mol. The Morgan fingerprint density at radius 2 is 1.44 bits per heavy atom. The molecule has 3 aromatic carbocycles. The van der Waals surface area contributed by atoms with E-state index in [1.165, 1.54) is 0 Å². The molecule has 0 saturated carbocycles. The van der Waals surface area contributed by atoms with Crippen molar-refractivity contribution in [3.8, 4) is 0 Å². The fourth-order valence-electron chi connectivity index (χ4n) is 3.36. The Hall–Kier alpha value is -3.97. The highest BCUT2D eigenvalue weighted by molar-refractivity contribution is 5.78. The van der Waals surface area contributed by atoms with Crippen LogP contribution in [0, 0.1) is 0 Å². The van der Waals surface area contributed by atoms with Gasteiger partial charge in [0.05, 0.1) is 24.1 Å². The minimum absolute atomic E-state index is 0.296. The number of H-pyrrole nitrogens is 1. The van der Waals surface area contributed by atoms with Gasteiger partial charge in [-0.05, 0) is 28.8 Å². The third kappa shape index (κ3) is 5.19. The number of benzene rings is 3. The maximum atomic E-state index is 12.5. The number of hydrogen-bond donors (Lipinski definition) is 2. The normalized spacial score (nSPS) is 10.9. The molecule has 0 bridgehead atoms. The van der Waals surface area contributed by atoms with E-state index in [0.717, 1.165) is 21.3 Å². The van der Waals surface area contributed by atoms with Gasteiger partial charge in [-0.2, -0.15) is 0 Å². The summed E-state index contributed by atoms with van der Waals surface area (Å²) in [5.41, 5.74) is 2.42. The molecule has 0 unspecified atom stereocenters. The Morgan fingerprint density at radius 1 is 0.812 bits per heavy atom. The van der Waals surface area contributed by atoms with Gasteiger partial charge < -0.3 is 15.0 Å². The Balaban J connectivity index is 1.30. The lowest BCUT2D eigenvalue weighted by atomic mass is 10.1. The summed E-state index contributed by atoms with van der Waals surface area (Å²) in [5, 5.41) is 3.12. The highest BCUT2D eigenvalue weighted by atomic mass is 16.5. The van der Waals surface area contributed by atoms with Crippen LogP contribution in [0.4, 0.5) is 0 Å². The number of rotatable bonds is 8. The highest BCUT2D eigenvalue weighted by Crippen LogP contribution is 2.08. The summed E-state index contributed by atoms with van der Waals surface area (Å²) in [4.78, 5) is 39.7. The van der Waals surface area contributed by atoms with Gasteiger partial charge in [0, 0.05) is 6.54 Å². The largest absolute Gasteiger partial charge is 0.372 e. The molecule has 1 heterocycles. The molecule has 0 aliphatic rings. The minimum atomic E-state index is -0.608. The van der Waals surface area contributed by atoms with Crippen LogP contribution in [0.15, 0.2) is 88.5 Å². The molecule has 0 radical (unpaired) electrons. The van der Waals surface area contributed by atoms with Crippen LogP contribution < -0.4 is 16.6 Å². The molecule has 32 heavy (non-hydrogen) atoms. The first-order valence-electron chi connectivity index (χ1n) is 10.3. The van der Waals surface area contributed by atoms with Gasteiger partial charge in [0.1, 0.15) is 6.54 Å². The monoisotopic (exact) mass is 429 g/mol. The zero-order valence-electron chi connectivity index (χ0n) is 17.4. The first-order valence-corrected chi connectivity index (χ1v) is 10.3. The molecule has 0 atom stereocenters. The topological polar surface area (TPSA) is 93.2 Å². The lowest BCUT2D eigenvalue weighted by Crippen LogP contribution is -2.40. The predicted octanol–water partition coefficient (Wildman–Crippen LogP) is 2.72. The number of para-hydroxylation sites is 1. The summed E-state index contributed by atoms with van der Waals surface area (Å²) in [6.07, 6.45) is 0. The molecular formula is C25H23N3O4. The molecule has 0 fully saturated rings. The molecule has 0 aliphatic heterocycles. The van der Waals surface area contributed by atoms with Gasteiger partial charge in [-0.25, -0.2) is 4.79 Å². The van der Waals surface area contributed by atoms with Gasteiger partial charge in [0.2, 0.25) is 5.91 Å². The van der Waals surface area contributed by atoms with Crippen molar-refractivity contribution in [3.63, 3.8) is 0 Å². The fourth-order valence-corrected chi connectivity index (χ4v) is 3.36. The molecule has 162 valence electrons. The van der Waals surface area contributed by atoms with Gasteiger partial charge in [-0.3, -0.25) is 14.2 Å². The molecule has 4 rings (SSSR count). The molecule has 0 aliphatic carbocycles. The Kier molecular flexibility index (Phi) is 6.57. The molecular weight excluding hydrogens is 406 g/mol. The van der Waals surface area contributed by atoms with Crippen molar-refractivity contribution in [2.75, 3.05) is 0 Å². The van der Waals surface area contributed by atoms with E-state index >= 15 is 0 Å². The number of ether oxygens (including phenoxy) is 1. The summed E-state index contributed by atoms with van der Waals surface area (Å²) in [5.74, 6) is -0.414. The van der Waals surface area contributed by atoms with E-state index in [1.54, 1.807) is 24.3 Å². The van der Waals surface area contributed by atoms with E-state index in [-0.39, 0.29) is 6.54 Å². The van der Waals surface area contributed by atoms with Crippen LogP contribution in [0.3, 0.4) is 0 Å². The van der Waals surface area contributed by atoms with Crippen LogP contribution in [0.25, 0.3) is 10.9 Å². The van der Waals surface area contributed by atoms with E-state index < -0.39 is 17.2 Å². The summed E-state index contributed by atoms with van der Waals surface area (Å²) in [6, 6.07) is 24.4. The summed E-state index contributed by atoms with van der Waals surface area (Å²) >= 11 is 0. The number of aromatic nitrogens is 2. The number of carbonyl (C=O) groups excluding carboxylic acids is 1. The van der Waals surface area contributed by atoms with Crippen LogP contribution in [0.2, 0.25) is 0 Å². The molecule has 1 amide bonds. The van der Waals surface area contributed by atoms with Crippen molar-refractivity contribution < 1.29 is 9.53 Å². The summed E-state index contributed by atoms with van der Waals surface area (Å²) in [7, 11) is 0. The lowest BCUT2D eigenvalue weighted by molar-refractivity contribution is -0.121. The summed E-state index contributed by atoms with van der Waals surface area (Å²) < 4.78 is 6.64. The van der Waals surface area contributed by atoms with Crippen molar-refractivity contribution in [1.29, 1.82) is 0 Å². The van der Waals surface area contributed by atoms with Crippen LogP contribution >= 0.6 is 0 Å². The third-order valence-electron chi connectivity index (χ3n) is 5.08. The van der Waals surface area contributed by atoms with E-state index in [4.69, 9.17) is 4.74 Å². The fraction of sp³-hybridized carbons (Fsp3) is 0.160. The molecule has 4 aromatic rings. The molecule has 2 N–H and O–H groups in total. The van der Waals surface area contributed by atoms with Crippen LogP contribution in [0.5, 0.6) is 0 Å². The zero-order valence-corrected chi connectivity index (χ0v) is 17.4. The van der Waals surface area contributed by atoms with E-state index in [0.29, 0.717) is 30.7 Å². The number of aromatic amines is 1. The van der Waals surface area contributed by atoms with Gasteiger partial charge >= 0.3 is 5.69 Å². The second-order valence-electron chi connectivity index (χ2n) is 7.44. The maximum Gasteiger partial charge on any atom is 0.329 e. The van der Waals surface area contributed by atoms with Gasteiger partial charge in [-0.1, -0.05) is 66.7 Å². The van der Waals surface area contributed by atoms with Crippen LogP contribution in [0.1, 0.15) is 16.7 Å². The average Bonchev–Trinajstić information content (AvgIpc) is 2.82. The quantitative estimate of drug-likeness (QED) is 0.450. The van der Waals surface area contributed by atoms with Crippen molar-refractivity contribution in [1.82, 2.24) is 14.9 Å². The molecule has 1 aromatic heterocycles. The zero-order chi connectivity index (χ0) is 22.3. The number of nitrogens with zero attached hydrogens (tertiary/aromatic N) is 1. The maximum absolute atomic E-state index is 12.5. The smallest absolute Gasteiger partial charge is 0.329 e. The second kappa shape index (κ2) is 9.89. The van der Waals surface area contributed by atoms with Crippen molar-refractivity contribution in [2.45, 2.75) is 26.3 Å². The lowest BCUT2D eigenvalue weighted by Gasteiger charge is -2.09. The van der Waals surface area contributed by atoms with Crippen LogP contribution in [-0.2, 0) is 35.8 Å². The molecule has 0 spiro atoms. The van der Waals surface area contributed by atoms with E-state index in [2.05, 4.69) is 10.3 Å². The number of fused-ring (bicyclic) bond motifs is 1. The number of amides is 1. The number of nitrogens with one attached hydrogen (secondary N) is 2. The van der Waals surface area contributed by atoms with Crippen molar-refractivity contribution in [3.05, 3.63) is 116 Å². The van der Waals surface area contributed by atoms with Crippen LogP contribution in [-0.4, -0.2) is 15.5 Å². The molecule has 7 nitrogen and oxygen atoms in total. The highest BCUT2D eigenvalue weighted by Gasteiger charge is 2.11. The Morgan fingerprint density at radius 3 is 2.19 bits per heavy atom. The predicted molar refractivity (Wildman–Crippen MR) is 122 cm³/mol. The van der Waals surface area contributed by atoms with Crippen molar-refractivity contribution in [2.24, 2.45) is 0 Å². The van der Waals surface area contributed by atoms with Gasteiger partial charge in [0.25, 0.3) is 5.56 Å². The molecule has 0 saturated heterocycles. The third-order valence-corrected chi connectivity index (χ3v) is 5.08. The number of carbonyl (C=O) groups is 1. The van der Waals surface area contributed by atoms with Crippen molar-refractivity contribution >= 4 is 16.8 Å². The van der Waals surface area contributed by atoms with E-state index in [9.17, 15) is 14.4 Å². The summed E-state index contributed by atoms with van der Waals surface area (Å²) in [6.45, 7) is 0.996. The Bertz CT molecular complexity index is 1330. The first-order chi connectivity index (χ1) is 15.6. The van der Waals surface area contributed by atoms with Gasteiger partial charge in [0.15, 0.2) is 0 Å². The first kappa shape index (κ1) is 21.3. The van der Waals surface area contributed by atoms with Gasteiger partial charge in [-0.15, -0.1) is 0 Å². The standard InChI is InChI=1S/C25H23N3O4/c29-23(15-28-24(30)21-8-4-5-9-22(21)27-25(28)31)26-14-18-10-12-20(13-11-18)17-32-16-19-6-2-1-3-7-19/h1-13H,14-17H2,(H,26,29)(H,27,31).